The summed E-state index contributed by atoms with van der Waals surface area (Å²) >= 11 is 0. The first-order valence-electron chi connectivity index (χ1n) is 10.9. The summed E-state index contributed by atoms with van der Waals surface area (Å²) < 4.78 is 5.36. The number of alkyl carbamates (subject to hydrolysis) is 1. The molecule has 2 aliphatic heterocycles. The number of carbonyl (C=O) groups excluding carboxylic acids is 1. The molecule has 1 amide bonds. The molecule has 2 saturated heterocycles. The molecule has 4 rings (SSSR count). The van der Waals surface area contributed by atoms with Gasteiger partial charge in [-0.25, -0.2) is 4.79 Å². The summed E-state index contributed by atoms with van der Waals surface area (Å²) in [5.74, 6) is 2.23. The lowest BCUT2D eigenvalue weighted by molar-refractivity contribution is -0.384. The van der Waals surface area contributed by atoms with Gasteiger partial charge in [0.2, 0.25) is 0 Å². The van der Waals surface area contributed by atoms with E-state index < -0.39 is 5.60 Å². The molecular weight excluding hydrogens is 384 g/mol. The van der Waals surface area contributed by atoms with Crippen LogP contribution in [0.2, 0.25) is 0 Å². The van der Waals surface area contributed by atoms with Crippen molar-refractivity contribution in [1.29, 1.82) is 0 Å². The minimum atomic E-state index is -0.461. The molecule has 1 saturated carbocycles. The van der Waals surface area contributed by atoms with Crippen molar-refractivity contribution in [1.82, 2.24) is 10.2 Å². The van der Waals surface area contributed by atoms with Gasteiger partial charge in [-0.1, -0.05) is 0 Å². The molecule has 8 heteroatoms. The predicted molar refractivity (Wildman–Crippen MR) is 115 cm³/mol. The summed E-state index contributed by atoms with van der Waals surface area (Å²) in [4.78, 5) is 27.3. The second kappa shape index (κ2) is 8.06. The van der Waals surface area contributed by atoms with Gasteiger partial charge in [-0.15, -0.1) is 0 Å². The SMILES string of the molecule is CC(C)(C)OC(=O)NC1CCN(CC2[C@H]3CN(c4ccc([N+](=O)[O-])cc4)C[C@@H]23)CC1. The molecule has 3 fully saturated rings. The van der Waals surface area contributed by atoms with Gasteiger partial charge in [0.1, 0.15) is 5.60 Å². The number of hydrogen-bond donors (Lipinski definition) is 1. The highest BCUT2D eigenvalue weighted by atomic mass is 16.6. The Morgan fingerprint density at radius 3 is 2.30 bits per heavy atom. The van der Waals surface area contributed by atoms with E-state index >= 15 is 0 Å². The largest absolute Gasteiger partial charge is 0.444 e. The number of nitrogens with zero attached hydrogens (tertiary/aromatic N) is 3. The first-order valence-corrected chi connectivity index (χ1v) is 10.9. The maximum atomic E-state index is 11.9. The van der Waals surface area contributed by atoms with E-state index in [9.17, 15) is 14.9 Å². The van der Waals surface area contributed by atoms with E-state index in [4.69, 9.17) is 4.74 Å². The Hall–Kier alpha value is -2.35. The summed E-state index contributed by atoms with van der Waals surface area (Å²) in [6.07, 6.45) is 1.62. The molecule has 1 aliphatic carbocycles. The Morgan fingerprint density at radius 2 is 1.77 bits per heavy atom. The van der Waals surface area contributed by atoms with Crippen LogP contribution in [0.25, 0.3) is 0 Å². The molecule has 1 aromatic carbocycles. The molecule has 8 nitrogen and oxygen atoms in total. The van der Waals surface area contributed by atoms with E-state index in [1.54, 1.807) is 12.1 Å². The van der Waals surface area contributed by atoms with Crippen LogP contribution in [0.1, 0.15) is 33.6 Å². The number of fused-ring (bicyclic) bond motifs is 1. The molecule has 0 bridgehead atoms. The first kappa shape index (κ1) is 20.9. The number of nitrogens with one attached hydrogen (secondary N) is 1. The van der Waals surface area contributed by atoms with Crippen LogP contribution in [0.15, 0.2) is 24.3 Å². The lowest BCUT2D eigenvalue weighted by Gasteiger charge is -2.33. The number of likely N-dealkylation sites (tertiary alicyclic amines) is 1. The average molecular weight is 417 g/mol. The molecule has 1 unspecified atom stereocenters. The van der Waals surface area contributed by atoms with Crippen LogP contribution in [-0.2, 0) is 4.74 Å². The maximum Gasteiger partial charge on any atom is 0.407 e. The number of non-ortho nitro benzene ring substituents is 1. The second-order valence-corrected chi connectivity index (χ2v) is 9.89. The fraction of sp³-hybridized carbons (Fsp3) is 0.682. The third-order valence-corrected chi connectivity index (χ3v) is 6.57. The van der Waals surface area contributed by atoms with Crippen LogP contribution in [0.5, 0.6) is 0 Å². The topological polar surface area (TPSA) is 88.0 Å². The van der Waals surface area contributed by atoms with E-state index in [1.807, 2.05) is 32.9 Å². The normalized spacial score (nSPS) is 26.9. The van der Waals surface area contributed by atoms with E-state index in [0.29, 0.717) is 0 Å². The molecule has 2 heterocycles. The number of nitro benzene ring substituents is 1. The number of amides is 1. The number of hydrogen-bond acceptors (Lipinski definition) is 6. The van der Waals surface area contributed by atoms with Crippen molar-refractivity contribution in [3.05, 3.63) is 34.4 Å². The molecule has 1 aromatic rings. The quantitative estimate of drug-likeness (QED) is 0.586. The number of benzene rings is 1. The van der Waals surface area contributed by atoms with E-state index in [1.165, 1.54) is 0 Å². The van der Waals surface area contributed by atoms with Gasteiger partial charge in [0.05, 0.1) is 4.92 Å². The van der Waals surface area contributed by atoms with Crippen molar-refractivity contribution < 1.29 is 14.5 Å². The van der Waals surface area contributed by atoms with Crippen molar-refractivity contribution >= 4 is 17.5 Å². The monoisotopic (exact) mass is 416 g/mol. The van der Waals surface area contributed by atoms with Gasteiger partial charge < -0.3 is 19.9 Å². The Labute approximate surface area is 177 Å². The first-order chi connectivity index (χ1) is 14.2. The van der Waals surface area contributed by atoms with Crippen molar-refractivity contribution in [2.24, 2.45) is 17.8 Å². The molecule has 164 valence electrons. The number of anilines is 1. The molecule has 0 spiro atoms. The zero-order valence-corrected chi connectivity index (χ0v) is 18.0. The summed E-state index contributed by atoms with van der Waals surface area (Å²) in [7, 11) is 0. The van der Waals surface area contributed by atoms with Crippen LogP contribution >= 0.6 is 0 Å². The van der Waals surface area contributed by atoms with Crippen molar-refractivity contribution in [3.8, 4) is 0 Å². The summed E-state index contributed by atoms with van der Waals surface area (Å²) in [5.41, 5.74) is 0.766. The lowest BCUT2D eigenvalue weighted by Crippen LogP contribution is -2.46. The Kier molecular flexibility index (Phi) is 5.61. The standard InChI is InChI=1S/C22H32N4O4/c1-22(2,3)30-21(27)23-15-8-10-24(11-9-15)12-18-19-13-25(14-20(18)19)16-4-6-17(7-5-16)26(28)29/h4-7,15,18-20H,8-14H2,1-3H3,(H,23,27)/t18?,19-,20+. The Bertz CT molecular complexity index is 771. The Morgan fingerprint density at radius 1 is 1.17 bits per heavy atom. The molecule has 3 atom stereocenters. The van der Waals surface area contributed by atoms with Gasteiger partial charge in [0, 0.05) is 56.6 Å². The number of piperidine rings is 2. The number of rotatable bonds is 5. The number of carbonyl (C=O) groups is 1. The van der Waals surface area contributed by atoms with E-state index in [-0.39, 0.29) is 22.7 Å². The molecule has 1 N–H and O–H groups in total. The van der Waals surface area contributed by atoms with Crippen LogP contribution in [0.3, 0.4) is 0 Å². The summed E-state index contributed by atoms with van der Waals surface area (Å²) in [5, 5.41) is 13.8. The highest BCUT2D eigenvalue weighted by Crippen LogP contribution is 2.53. The number of nitro groups is 1. The van der Waals surface area contributed by atoms with Gasteiger partial charge in [0.15, 0.2) is 0 Å². The maximum absolute atomic E-state index is 11.9. The van der Waals surface area contributed by atoms with Gasteiger partial charge in [-0.2, -0.15) is 0 Å². The highest BCUT2D eigenvalue weighted by Gasteiger charge is 2.55. The fourth-order valence-corrected chi connectivity index (χ4v) is 4.95. The molecule has 3 aliphatic rings. The molecule has 30 heavy (non-hydrogen) atoms. The molecular formula is C22H32N4O4. The Balaban J connectivity index is 1.17. The van der Waals surface area contributed by atoms with Gasteiger partial charge in [-0.3, -0.25) is 10.1 Å². The third kappa shape index (κ3) is 4.86. The molecule has 0 radical (unpaired) electrons. The van der Waals surface area contributed by atoms with E-state index in [0.717, 1.165) is 69.0 Å². The van der Waals surface area contributed by atoms with Crippen molar-refractivity contribution in [2.75, 3.05) is 37.6 Å². The van der Waals surface area contributed by atoms with Crippen LogP contribution in [-0.4, -0.2) is 60.3 Å². The van der Waals surface area contributed by atoms with Gasteiger partial charge >= 0.3 is 6.09 Å². The van der Waals surface area contributed by atoms with Crippen molar-refractivity contribution in [3.63, 3.8) is 0 Å². The van der Waals surface area contributed by atoms with Crippen LogP contribution < -0.4 is 10.2 Å². The van der Waals surface area contributed by atoms with Crippen molar-refractivity contribution in [2.45, 2.75) is 45.3 Å². The minimum Gasteiger partial charge on any atom is -0.444 e. The number of ether oxygens (including phenoxy) is 1. The zero-order valence-electron chi connectivity index (χ0n) is 18.0. The second-order valence-electron chi connectivity index (χ2n) is 9.89. The van der Waals surface area contributed by atoms with E-state index in [2.05, 4.69) is 15.1 Å². The fourth-order valence-electron chi connectivity index (χ4n) is 4.95. The predicted octanol–water partition coefficient (Wildman–Crippen LogP) is 3.27. The lowest BCUT2D eigenvalue weighted by atomic mass is 10.0. The van der Waals surface area contributed by atoms with Gasteiger partial charge in [-0.05, 0) is 63.5 Å². The smallest absolute Gasteiger partial charge is 0.407 e. The highest BCUT2D eigenvalue weighted by molar-refractivity contribution is 5.68. The average Bonchev–Trinajstić information content (AvgIpc) is 3.10. The minimum absolute atomic E-state index is 0.144. The zero-order chi connectivity index (χ0) is 21.5. The van der Waals surface area contributed by atoms with Gasteiger partial charge in [0.25, 0.3) is 5.69 Å². The summed E-state index contributed by atoms with van der Waals surface area (Å²) in [6, 6.07) is 7.10. The van der Waals surface area contributed by atoms with Crippen LogP contribution in [0.4, 0.5) is 16.2 Å². The third-order valence-electron chi connectivity index (χ3n) is 6.57. The molecule has 0 aromatic heterocycles. The summed E-state index contributed by atoms with van der Waals surface area (Å²) in [6.45, 7) is 10.9. The van der Waals surface area contributed by atoms with Crippen LogP contribution in [0, 0.1) is 27.9 Å².